The number of rotatable bonds is 5. The van der Waals surface area contributed by atoms with Gasteiger partial charge in [-0.25, -0.2) is 4.79 Å². The summed E-state index contributed by atoms with van der Waals surface area (Å²) >= 11 is 0. The van der Waals surface area contributed by atoms with Gasteiger partial charge >= 0.3 is 5.97 Å². The lowest BCUT2D eigenvalue weighted by Gasteiger charge is -2.16. The Morgan fingerprint density at radius 1 is 1.27 bits per heavy atom. The third-order valence-electron chi connectivity index (χ3n) is 3.85. The molecule has 1 saturated carbocycles. The van der Waals surface area contributed by atoms with Crippen molar-refractivity contribution in [1.29, 1.82) is 0 Å². The van der Waals surface area contributed by atoms with E-state index in [-0.39, 0.29) is 5.91 Å². The molecule has 0 bridgehead atoms. The number of hydrogen-bond acceptors (Lipinski definition) is 2. The van der Waals surface area contributed by atoms with Gasteiger partial charge in [0.25, 0.3) is 5.91 Å². The summed E-state index contributed by atoms with van der Waals surface area (Å²) < 4.78 is 1.92. The Morgan fingerprint density at radius 2 is 2.05 bits per heavy atom. The minimum Gasteiger partial charge on any atom is -0.479 e. The lowest BCUT2D eigenvalue weighted by molar-refractivity contribution is -0.139. The lowest BCUT2D eigenvalue weighted by Crippen LogP contribution is -2.34. The highest BCUT2D eigenvalue weighted by atomic mass is 16.4. The van der Waals surface area contributed by atoms with Gasteiger partial charge < -0.3 is 15.0 Å². The topological polar surface area (TPSA) is 71.3 Å². The van der Waals surface area contributed by atoms with E-state index in [0.717, 1.165) is 18.4 Å². The van der Waals surface area contributed by atoms with E-state index in [1.54, 1.807) is 24.3 Å². The molecule has 1 unspecified atom stereocenters. The van der Waals surface area contributed by atoms with E-state index in [1.807, 2.05) is 29.8 Å². The molecule has 2 N–H and O–H groups in total. The van der Waals surface area contributed by atoms with Crippen molar-refractivity contribution in [3.63, 3.8) is 0 Å². The first kappa shape index (κ1) is 14.4. The number of benzene rings is 1. The van der Waals surface area contributed by atoms with E-state index in [4.69, 9.17) is 0 Å². The summed E-state index contributed by atoms with van der Waals surface area (Å²) in [4.78, 5) is 24.0. The van der Waals surface area contributed by atoms with Gasteiger partial charge in [-0.15, -0.1) is 0 Å². The summed E-state index contributed by atoms with van der Waals surface area (Å²) in [5.74, 6) is -1.42. The molecule has 0 saturated heterocycles. The zero-order valence-corrected chi connectivity index (χ0v) is 12.3. The number of carbonyl (C=O) groups is 2. The van der Waals surface area contributed by atoms with Crippen LogP contribution in [0.2, 0.25) is 0 Å². The molecule has 1 atom stereocenters. The average Bonchev–Trinajstić information content (AvgIpc) is 3.21. The molecule has 0 aliphatic heterocycles. The molecule has 2 aromatic rings. The first-order valence-corrected chi connectivity index (χ1v) is 7.33. The Kier molecular flexibility index (Phi) is 3.71. The average molecular weight is 298 g/mol. The van der Waals surface area contributed by atoms with Crippen molar-refractivity contribution in [2.24, 2.45) is 0 Å². The van der Waals surface area contributed by atoms with Crippen LogP contribution in [-0.2, 0) is 4.79 Å². The van der Waals surface area contributed by atoms with Crippen LogP contribution in [0.3, 0.4) is 0 Å². The first-order valence-electron chi connectivity index (χ1n) is 7.33. The van der Waals surface area contributed by atoms with Gasteiger partial charge in [-0.1, -0.05) is 29.8 Å². The third-order valence-corrected chi connectivity index (χ3v) is 3.85. The number of aryl methyl sites for hydroxylation is 1. The molecule has 1 aromatic heterocycles. The number of nitrogens with zero attached hydrogens (tertiary/aromatic N) is 1. The van der Waals surface area contributed by atoms with E-state index in [1.165, 1.54) is 0 Å². The molecule has 3 rings (SSSR count). The minimum absolute atomic E-state index is 0.356. The van der Waals surface area contributed by atoms with Crippen molar-refractivity contribution in [1.82, 2.24) is 9.88 Å². The standard InChI is InChI=1S/C17H18N2O3/c1-11-4-2-5-12(10-11)15(17(21)22)18-16(20)14-6-3-9-19(14)13-7-8-13/h2-6,9-10,13,15H,7-8H2,1H3,(H,18,20)(H,21,22). The second-order valence-corrected chi connectivity index (χ2v) is 5.69. The van der Waals surface area contributed by atoms with Crippen molar-refractivity contribution < 1.29 is 14.7 Å². The number of carboxylic acid groups (broad SMARTS) is 1. The number of carbonyl (C=O) groups excluding carboxylic acids is 1. The van der Waals surface area contributed by atoms with Gasteiger partial charge in [-0.2, -0.15) is 0 Å². The maximum Gasteiger partial charge on any atom is 0.330 e. The number of aliphatic carboxylic acids is 1. The molecule has 1 aliphatic rings. The van der Waals surface area contributed by atoms with Crippen LogP contribution >= 0.6 is 0 Å². The van der Waals surface area contributed by atoms with Crippen LogP contribution in [0.25, 0.3) is 0 Å². The van der Waals surface area contributed by atoms with Gasteiger partial charge in [0.2, 0.25) is 0 Å². The van der Waals surface area contributed by atoms with Crippen molar-refractivity contribution in [2.75, 3.05) is 0 Å². The maximum absolute atomic E-state index is 12.4. The van der Waals surface area contributed by atoms with E-state index in [2.05, 4.69) is 5.32 Å². The molecule has 0 radical (unpaired) electrons. The molecule has 5 nitrogen and oxygen atoms in total. The largest absolute Gasteiger partial charge is 0.479 e. The van der Waals surface area contributed by atoms with Crippen molar-refractivity contribution >= 4 is 11.9 Å². The van der Waals surface area contributed by atoms with Crippen LogP contribution in [0.4, 0.5) is 0 Å². The maximum atomic E-state index is 12.4. The second-order valence-electron chi connectivity index (χ2n) is 5.69. The van der Waals surface area contributed by atoms with Gasteiger partial charge in [-0.3, -0.25) is 4.79 Å². The molecule has 1 heterocycles. The highest BCUT2D eigenvalue weighted by Crippen LogP contribution is 2.36. The number of amides is 1. The molecule has 5 heteroatoms. The normalized spacial score (nSPS) is 15.3. The van der Waals surface area contributed by atoms with Crippen molar-refractivity contribution in [3.8, 4) is 0 Å². The number of hydrogen-bond donors (Lipinski definition) is 2. The number of aromatic nitrogens is 1. The Labute approximate surface area is 128 Å². The van der Waals surface area contributed by atoms with E-state index in [0.29, 0.717) is 17.3 Å². The fraction of sp³-hybridized carbons (Fsp3) is 0.294. The zero-order valence-electron chi connectivity index (χ0n) is 12.3. The third kappa shape index (κ3) is 2.88. The molecular weight excluding hydrogens is 280 g/mol. The predicted octanol–water partition coefficient (Wildman–Crippen LogP) is 2.69. The Hall–Kier alpha value is -2.56. The molecule has 1 aromatic carbocycles. The summed E-state index contributed by atoms with van der Waals surface area (Å²) in [7, 11) is 0. The van der Waals surface area contributed by atoms with E-state index in [9.17, 15) is 14.7 Å². The van der Waals surface area contributed by atoms with Crippen molar-refractivity contribution in [2.45, 2.75) is 31.8 Å². The molecule has 22 heavy (non-hydrogen) atoms. The fourth-order valence-corrected chi connectivity index (χ4v) is 2.60. The van der Waals surface area contributed by atoms with Crippen LogP contribution in [0.5, 0.6) is 0 Å². The lowest BCUT2D eigenvalue weighted by atomic mass is 10.0. The predicted molar refractivity (Wildman–Crippen MR) is 81.7 cm³/mol. The summed E-state index contributed by atoms with van der Waals surface area (Å²) in [6.45, 7) is 1.89. The Bertz CT molecular complexity index is 716. The molecular formula is C17H18N2O3. The quantitative estimate of drug-likeness (QED) is 0.891. The summed E-state index contributed by atoms with van der Waals surface area (Å²) in [6.07, 6.45) is 4.00. The number of nitrogens with one attached hydrogen (secondary N) is 1. The van der Waals surface area contributed by atoms with E-state index >= 15 is 0 Å². The van der Waals surface area contributed by atoms with E-state index < -0.39 is 12.0 Å². The first-order chi connectivity index (χ1) is 10.6. The minimum atomic E-state index is -1.07. The van der Waals surface area contributed by atoms with Crippen LogP contribution < -0.4 is 5.32 Å². The van der Waals surface area contributed by atoms with Gasteiger partial charge in [0, 0.05) is 12.2 Å². The monoisotopic (exact) mass is 298 g/mol. The van der Waals surface area contributed by atoms with Crippen LogP contribution in [0.15, 0.2) is 42.6 Å². The van der Waals surface area contributed by atoms with Crippen LogP contribution in [0, 0.1) is 6.92 Å². The molecule has 0 spiro atoms. The summed E-state index contributed by atoms with van der Waals surface area (Å²) in [5, 5.41) is 12.1. The highest BCUT2D eigenvalue weighted by molar-refractivity contribution is 5.95. The fourth-order valence-electron chi connectivity index (χ4n) is 2.60. The molecule has 1 amide bonds. The second kappa shape index (κ2) is 5.67. The summed E-state index contributed by atoms with van der Waals surface area (Å²) in [6, 6.07) is 10.0. The van der Waals surface area contributed by atoms with Crippen molar-refractivity contribution in [3.05, 3.63) is 59.4 Å². The Morgan fingerprint density at radius 3 is 2.68 bits per heavy atom. The van der Waals surface area contributed by atoms with Gasteiger partial charge in [0.1, 0.15) is 5.69 Å². The highest BCUT2D eigenvalue weighted by Gasteiger charge is 2.29. The van der Waals surface area contributed by atoms with Gasteiger partial charge in [0.15, 0.2) is 6.04 Å². The zero-order chi connectivity index (χ0) is 15.7. The molecule has 1 aliphatic carbocycles. The van der Waals surface area contributed by atoms with Crippen LogP contribution in [0.1, 0.15) is 46.5 Å². The SMILES string of the molecule is Cc1cccc(C(NC(=O)c2cccn2C2CC2)C(=O)O)c1. The smallest absolute Gasteiger partial charge is 0.330 e. The van der Waals surface area contributed by atoms with Gasteiger partial charge in [-0.05, 0) is 37.5 Å². The molecule has 114 valence electrons. The van der Waals surface area contributed by atoms with Crippen LogP contribution in [-0.4, -0.2) is 21.6 Å². The molecule has 1 fully saturated rings. The number of carboxylic acids is 1. The Balaban J connectivity index is 1.83. The van der Waals surface area contributed by atoms with Gasteiger partial charge in [0.05, 0.1) is 0 Å². The summed E-state index contributed by atoms with van der Waals surface area (Å²) in [5.41, 5.74) is 2.05.